The van der Waals surface area contributed by atoms with Crippen molar-refractivity contribution in [1.29, 1.82) is 0 Å². The molecule has 0 spiro atoms. The Hall–Kier alpha value is -3.83. The largest absolute Gasteiger partial charge is 0.356 e. The Bertz CT molecular complexity index is 1490. The van der Waals surface area contributed by atoms with Crippen molar-refractivity contribution in [2.45, 2.75) is 54.0 Å². The first kappa shape index (κ1) is 33.1. The van der Waals surface area contributed by atoms with E-state index in [2.05, 4.69) is 54.0 Å². The summed E-state index contributed by atoms with van der Waals surface area (Å²) in [6, 6.07) is 10.1. The van der Waals surface area contributed by atoms with E-state index in [-0.39, 0.29) is 11.9 Å². The number of likely N-dealkylation sites (tertiary alicyclic amines) is 1. The molecule has 2 fully saturated rings. The Labute approximate surface area is 265 Å². The Morgan fingerprint density at radius 1 is 1.14 bits per heavy atom. The fourth-order valence-electron chi connectivity index (χ4n) is 5.26. The highest BCUT2D eigenvalue weighted by molar-refractivity contribution is 7.13. The first-order valence-electron chi connectivity index (χ1n) is 15.8. The SMILES string of the molecule is CC.CC1CN(C=O)C1.CCN(CC)C(C)CNC(=O)c1cc(-c2cnn3ccc(-c4cccs4)nc23)nc(N2CCC2)c1. The smallest absolute Gasteiger partial charge is 0.251 e. The first-order valence-corrected chi connectivity index (χ1v) is 16.6. The van der Waals surface area contributed by atoms with Crippen molar-refractivity contribution in [2.24, 2.45) is 5.92 Å². The molecule has 0 aromatic carbocycles. The van der Waals surface area contributed by atoms with Gasteiger partial charge in [-0.2, -0.15) is 5.10 Å². The molecule has 10 nitrogen and oxygen atoms in total. The summed E-state index contributed by atoms with van der Waals surface area (Å²) in [7, 11) is 0. The van der Waals surface area contributed by atoms with Gasteiger partial charge in [0.25, 0.3) is 5.91 Å². The summed E-state index contributed by atoms with van der Waals surface area (Å²) in [5.41, 5.74) is 3.76. The molecule has 0 bridgehead atoms. The minimum atomic E-state index is -0.0851. The van der Waals surface area contributed by atoms with E-state index < -0.39 is 0 Å². The molecule has 11 heteroatoms. The molecule has 4 aromatic heterocycles. The first-order chi connectivity index (χ1) is 21.4. The maximum Gasteiger partial charge on any atom is 0.251 e. The number of hydrogen-bond donors (Lipinski definition) is 1. The monoisotopic (exact) mass is 618 g/mol. The van der Waals surface area contributed by atoms with E-state index in [0.29, 0.717) is 17.8 Å². The van der Waals surface area contributed by atoms with Crippen LogP contribution in [0.1, 0.15) is 58.3 Å². The Morgan fingerprint density at radius 2 is 1.89 bits per heavy atom. The highest BCUT2D eigenvalue weighted by atomic mass is 32.1. The third-order valence-electron chi connectivity index (χ3n) is 7.91. The fourth-order valence-corrected chi connectivity index (χ4v) is 5.95. The Kier molecular flexibility index (Phi) is 11.8. The number of likely N-dealkylation sites (N-methyl/N-ethyl adjacent to an activating group) is 1. The molecule has 6 heterocycles. The van der Waals surface area contributed by atoms with Crippen LogP contribution in [0.15, 0.2) is 48.1 Å². The van der Waals surface area contributed by atoms with Crippen molar-refractivity contribution in [2.75, 3.05) is 50.7 Å². The molecule has 0 saturated carbocycles. The summed E-state index contributed by atoms with van der Waals surface area (Å²) in [4.78, 5) is 40.3. The summed E-state index contributed by atoms with van der Waals surface area (Å²) >= 11 is 1.65. The van der Waals surface area contributed by atoms with Gasteiger partial charge in [0, 0.05) is 50.5 Å². The molecule has 0 aliphatic carbocycles. The van der Waals surface area contributed by atoms with Crippen LogP contribution >= 0.6 is 11.3 Å². The van der Waals surface area contributed by atoms with Gasteiger partial charge in [0.2, 0.25) is 6.41 Å². The summed E-state index contributed by atoms with van der Waals surface area (Å²) in [6.45, 7) is 18.9. The lowest BCUT2D eigenvalue weighted by molar-refractivity contribution is -0.123. The Balaban J connectivity index is 0.000000427. The molecule has 2 aliphatic rings. The number of fused-ring (bicyclic) bond motifs is 1. The number of hydrogen-bond acceptors (Lipinski definition) is 8. The lowest BCUT2D eigenvalue weighted by atomic mass is 10.1. The minimum absolute atomic E-state index is 0.0851. The topological polar surface area (TPSA) is 99.0 Å². The van der Waals surface area contributed by atoms with Crippen LogP contribution in [0.25, 0.3) is 27.5 Å². The van der Waals surface area contributed by atoms with Crippen molar-refractivity contribution in [3.63, 3.8) is 0 Å². The predicted octanol–water partition coefficient (Wildman–Crippen LogP) is 5.31. The van der Waals surface area contributed by atoms with Crippen LogP contribution in [-0.4, -0.2) is 93.6 Å². The van der Waals surface area contributed by atoms with E-state index in [4.69, 9.17) is 9.97 Å². The van der Waals surface area contributed by atoms with Gasteiger partial charge >= 0.3 is 0 Å². The van der Waals surface area contributed by atoms with Crippen molar-refractivity contribution >= 4 is 35.1 Å². The molecular weight excluding hydrogens is 572 g/mol. The van der Waals surface area contributed by atoms with Gasteiger partial charge in [-0.05, 0) is 62.0 Å². The zero-order valence-corrected chi connectivity index (χ0v) is 27.7. The van der Waals surface area contributed by atoms with Gasteiger partial charge in [-0.15, -0.1) is 11.3 Å². The standard InChI is InChI=1S/C26H31N7OS.C5H9NO.C2H6/c1-4-31(5-2)18(3)16-27-26(34)19-14-22(29-24(15-19)32-10-7-11-32)20-17-28-33-12-9-21(30-25(20)33)23-8-6-13-35-23;1-5-2-6(3-5)4-7;1-2/h6,8-9,12-15,17-18H,4-5,7,10-11,16H2,1-3H3,(H,27,34);4-5H,2-3H2,1H3;1-2H3. The van der Waals surface area contributed by atoms with E-state index >= 15 is 0 Å². The number of carbonyl (C=O) groups excluding carboxylic acids is 2. The van der Waals surface area contributed by atoms with Crippen molar-refractivity contribution in [1.82, 2.24) is 34.7 Å². The number of amides is 2. The average molecular weight is 619 g/mol. The third-order valence-corrected chi connectivity index (χ3v) is 8.80. The molecule has 2 amide bonds. The normalized spacial score (nSPS) is 15.0. The lowest BCUT2D eigenvalue weighted by Gasteiger charge is -2.33. The van der Waals surface area contributed by atoms with E-state index in [1.54, 1.807) is 26.9 Å². The number of carbonyl (C=O) groups is 2. The minimum Gasteiger partial charge on any atom is -0.356 e. The number of rotatable bonds is 10. The number of nitrogens with one attached hydrogen (secondary N) is 1. The number of anilines is 1. The number of nitrogens with zero attached hydrogens (tertiary/aromatic N) is 7. The molecule has 1 unspecified atom stereocenters. The van der Waals surface area contributed by atoms with E-state index in [1.165, 1.54) is 0 Å². The second-order valence-corrected chi connectivity index (χ2v) is 11.9. The van der Waals surface area contributed by atoms with Gasteiger partial charge in [-0.25, -0.2) is 14.5 Å². The van der Waals surface area contributed by atoms with Crippen molar-refractivity contribution in [3.8, 4) is 21.8 Å². The van der Waals surface area contributed by atoms with Crippen molar-refractivity contribution < 1.29 is 9.59 Å². The van der Waals surface area contributed by atoms with Crippen LogP contribution in [-0.2, 0) is 4.79 Å². The van der Waals surface area contributed by atoms with Crippen LogP contribution in [0, 0.1) is 5.92 Å². The van der Waals surface area contributed by atoms with Crippen LogP contribution in [0.5, 0.6) is 0 Å². The molecule has 2 saturated heterocycles. The quantitative estimate of drug-likeness (QED) is 0.241. The maximum atomic E-state index is 13.2. The zero-order chi connectivity index (χ0) is 31.6. The van der Waals surface area contributed by atoms with Crippen molar-refractivity contribution in [3.05, 3.63) is 53.7 Å². The Morgan fingerprint density at radius 3 is 2.45 bits per heavy atom. The van der Waals surface area contributed by atoms with E-state index in [0.717, 1.165) is 85.6 Å². The maximum absolute atomic E-state index is 13.2. The zero-order valence-electron chi connectivity index (χ0n) is 26.9. The lowest BCUT2D eigenvalue weighted by Crippen LogP contribution is -2.43. The van der Waals surface area contributed by atoms with Gasteiger partial charge in [0.05, 0.1) is 28.0 Å². The van der Waals surface area contributed by atoms with Crippen LogP contribution in [0.2, 0.25) is 0 Å². The number of pyridine rings is 1. The molecular formula is C33H46N8O2S. The van der Waals surface area contributed by atoms with E-state index in [9.17, 15) is 9.59 Å². The van der Waals surface area contributed by atoms with Crippen LogP contribution in [0.3, 0.4) is 0 Å². The molecule has 2 aliphatic heterocycles. The summed E-state index contributed by atoms with van der Waals surface area (Å²) < 4.78 is 1.76. The van der Waals surface area contributed by atoms with Gasteiger partial charge in [0.15, 0.2) is 5.65 Å². The highest BCUT2D eigenvalue weighted by Gasteiger charge is 2.22. The molecule has 6 rings (SSSR count). The van der Waals surface area contributed by atoms with E-state index in [1.807, 2.05) is 49.7 Å². The summed E-state index contributed by atoms with van der Waals surface area (Å²) in [6.07, 6.45) is 5.74. The van der Waals surface area contributed by atoms with Gasteiger partial charge in [0.1, 0.15) is 5.82 Å². The fraction of sp³-hybridized carbons (Fsp3) is 0.485. The van der Waals surface area contributed by atoms with Gasteiger partial charge < -0.3 is 15.1 Å². The molecule has 4 aromatic rings. The van der Waals surface area contributed by atoms with Crippen LogP contribution in [0.4, 0.5) is 5.82 Å². The molecule has 0 radical (unpaired) electrons. The highest BCUT2D eigenvalue weighted by Crippen LogP contribution is 2.30. The number of thiophene rings is 1. The second-order valence-electron chi connectivity index (χ2n) is 11.0. The number of aromatic nitrogens is 4. The molecule has 236 valence electrons. The van der Waals surface area contributed by atoms with Gasteiger partial charge in [-0.1, -0.05) is 40.7 Å². The molecule has 44 heavy (non-hydrogen) atoms. The predicted molar refractivity (Wildman–Crippen MR) is 179 cm³/mol. The summed E-state index contributed by atoms with van der Waals surface area (Å²) in [5, 5.41) is 9.67. The van der Waals surface area contributed by atoms with Crippen LogP contribution < -0.4 is 10.2 Å². The van der Waals surface area contributed by atoms with Gasteiger partial charge in [-0.3, -0.25) is 14.5 Å². The average Bonchev–Trinajstić information content (AvgIpc) is 3.69. The molecule has 1 atom stereocenters. The summed E-state index contributed by atoms with van der Waals surface area (Å²) in [5.74, 6) is 1.48. The third kappa shape index (κ3) is 7.81. The second kappa shape index (κ2) is 15.8. The molecule has 1 N–H and O–H groups in total.